The average Bonchev–Trinajstić information content (AvgIpc) is 2.59. The van der Waals surface area contributed by atoms with Crippen LogP contribution in [0.15, 0.2) is 47.6 Å². The minimum absolute atomic E-state index is 0.119. The number of aryl methyl sites for hydroxylation is 1. The summed E-state index contributed by atoms with van der Waals surface area (Å²) in [5.41, 5.74) is 7.83. The van der Waals surface area contributed by atoms with Crippen molar-refractivity contribution in [2.24, 2.45) is 10.9 Å². The van der Waals surface area contributed by atoms with Crippen molar-refractivity contribution in [2.45, 2.75) is 6.92 Å². The van der Waals surface area contributed by atoms with Crippen LogP contribution in [0.3, 0.4) is 0 Å². The lowest BCUT2D eigenvalue weighted by Crippen LogP contribution is -2.15. The van der Waals surface area contributed by atoms with Crippen LogP contribution in [-0.2, 0) is 4.84 Å². The summed E-state index contributed by atoms with van der Waals surface area (Å²) in [6.45, 7) is 1.97. The van der Waals surface area contributed by atoms with Crippen molar-refractivity contribution >= 4 is 11.8 Å². The van der Waals surface area contributed by atoms with E-state index in [1.54, 1.807) is 18.2 Å². The van der Waals surface area contributed by atoms with Crippen LogP contribution in [0, 0.1) is 6.92 Å². The van der Waals surface area contributed by atoms with Crippen LogP contribution in [0.1, 0.15) is 21.5 Å². The molecule has 120 valence electrons. The zero-order valence-corrected chi connectivity index (χ0v) is 13.2. The Bertz CT molecular complexity index is 702. The zero-order valence-electron chi connectivity index (χ0n) is 13.2. The fourth-order valence-electron chi connectivity index (χ4n) is 1.85. The number of nitrogens with two attached hydrogens (primary N) is 1. The second kappa shape index (κ2) is 7.31. The number of hydrogen-bond donors (Lipinski definition) is 1. The Kier molecular flexibility index (Phi) is 5.19. The molecule has 0 fully saturated rings. The lowest BCUT2D eigenvalue weighted by Gasteiger charge is -2.07. The molecule has 23 heavy (non-hydrogen) atoms. The van der Waals surface area contributed by atoms with Gasteiger partial charge in [-0.25, -0.2) is 4.79 Å². The van der Waals surface area contributed by atoms with Crippen molar-refractivity contribution < 1.29 is 19.1 Å². The Balaban J connectivity index is 2.15. The highest BCUT2D eigenvalue weighted by molar-refractivity contribution is 5.98. The number of ether oxygens (including phenoxy) is 2. The topological polar surface area (TPSA) is 83.1 Å². The van der Waals surface area contributed by atoms with E-state index in [-0.39, 0.29) is 11.4 Å². The number of hydrogen-bond acceptors (Lipinski definition) is 5. The van der Waals surface area contributed by atoms with Crippen molar-refractivity contribution in [1.29, 1.82) is 0 Å². The van der Waals surface area contributed by atoms with Gasteiger partial charge in [0.25, 0.3) is 0 Å². The highest BCUT2D eigenvalue weighted by atomic mass is 16.7. The summed E-state index contributed by atoms with van der Waals surface area (Å²) >= 11 is 0. The van der Waals surface area contributed by atoms with E-state index in [1.165, 1.54) is 26.4 Å². The molecule has 0 atom stereocenters. The van der Waals surface area contributed by atoms with Crippen LogP contribution in [-0.4, -0.2) is 26.0 Å². The smallest absolute Gasteiger partial charge is 0.366 e. The fourth-order valence-corrected chi connectivity index (χ4v) is 1.85. The number of methoxy groups -OCH3 is 2. The highest BCUT2D eigenvalue weighted by Crippen LogP contribution is 2.23. The third kappa shape index (κ3) is 4.23. The predicted molar refractivity (Wildman–Crippen MR) is 86.9 cm³/mol. The van der Waals surface area contributed by atoms with E-state index in [2.05, 4.69) is 5.16 Å². The van der Waals surface area contributed by atoms with Crippen LogP contribution >= 0.6 is 0 Å². The number of rotatable bonds is 5. The van der Waals surface area contributed by atoms with Crippen LogP contribution < -0.4 is 15.2 Å². The molecule has 0 aromatic heterocycles. The predicted octanol–water partition coefficient (Wildman–Crippen LogP) is 2.49. The van der Waals surface area contributed by atoms with E-state index in [9.17, 15) is 4.79 Å². The van der Waals surface area contributed by atoms with Gasteiger partial charge in [-0.1, -0.05) is 35.0 Å². The third-order valence-electron chi connectivity index (χ3n) is 3.16. The van der Waals surface area contributed by atoms with E-state index in [4.69, 9.17) is 20.0 Å². The van der Waals surface area contributed by atoms with Gasteiger partial charge in [0, 0.05) is 11.6 Å². The lowest BCUT2D eigenvalue weighted by molar-refractivity contribution is 0.0515. The molecule has 0 amide bonds. The molecular formula is C17H18N2O4. The summed E-state index contributed by atoms with van der Waals surface area (Å²) < 4.78 is 10.2. The van der Waals surface area contributed by atoms with Crippen molar-refractivity contribution in [1.82, 2.24) is 0 Å². The monoisotopic (exact) mass is 314 g/mol. The van der Waals surface area contributed by atoms with Crippen LogP contribution in [0.2, 0.25) is 0 Å². The third-order valence-corrected chi connectivity index (χ3v) is 3.16. The van der Waals surface area contributed by atoms with Gasteiger partial charge in [-0.2, -0.15) is 0 Å². The molecule has 6 heteroatoms. The first-order chi connectivity index (χ1) is 11.0. The summed E-state index contributed by atoms with van der Waals surface area (Å²) in [4.78, 5) is 17.0. The van der Waals surface area contributed by atoms with Crippen molar-refractivity contribution in [2.75, 3.05) is 14.2 Å². The summed E-state index contributed by atoms with van der Waals surface area (Å²) in [5, 5.41) is 3.67. The molecule has 0 bridgehead atoms. The van der Waals surface area contributed by atoms with E-state index < -0.39 is 5.97 Å². The maximum Gasteiger partial charge on any atom is 0.366 e. The normalized spacial score (nSPS) is 11.0. The minimum atomic E-state index is -0.655. The number of carbonyl (C=O) groups excluding carboxylic acids is 1. The lowest BCUT2D eigenvalue weighted by atomic mass is 10.1. The number of benzene rings is 2. The van der Waals surface area contributed by atoms with Crippen LogP contribution in [0.25, 0.3) is 0 Å². The molecule has 0 aliphatic carbocycles. The van der Waals surface area contributed by atoms with Gasteiger partial charge < -0.3 is 20.0 Å². The van der Waals surface area contributed by atoms with Gasteiger partial charge >= 0.3 is 5.97 Å². The Morgan fingerprint density at radius 1 is 0.957 bits per heavy atom. The zero-order chi connectivity index (χ0) is 16.8. The van der Waals surface area contributed by atoms with Gasteiger partial charge in [0.1, 0.15) is 11.5 Å². The first-order valence-electron chi connectivity index (χ1n) is 6.88. The second-order valence-corrected chi connectivity index (χ2v) is 4.82. The van der Waals surface area contributed by atoms with Gasteiger partial charge in [0.15, 0.2) is 5.84 Å². The Morgan fingerprint density at radius 2 is 1.52 bits per heavy atom. The van der Waals surface area contributed by atoms with Crippen molar-refractivity contribution in [3.8, 4) is 11.5 Å². The molecule has 0 spiro atoms. The fraction of sp³-hybridized carbons (Fsp3) is 0.176. The summed E-state index contributed by atoms with van der Waals surface area (Å²) in [7, 11) is 2.99. The first kappa shape index (κ1) is 16.4. The van der Waals surface area contributed by atoms with Gasteiger partial charge in [0.05, 0.1) is 19.8 Å². The van der Waals surface area contributed by atoms with Crippen molar-refractivity contribution in [3.63, 3.8) is 0 Å². The van der Waals surface area contributed by atoms with E-state index >= 15 is 0 Å². The standard InChI is InChI=1S/C17H18N2O4/c1-11-4-6-12(7-5-11)16(18)19-23-17(20)13-8-14(21-2)10-15(9-13)22-3/h4-10H,1-3H3,(H2,18,19). The number of amidine groups is 1. The number of carbonyl (C=O) groups is 1. The molecule has 6 nitrogen and oxygen atoms in total. The molecule has 2 aromatic rings. The maximum absolute atomic E-state index is 12.1. The molecular weight excluding hydrogens is 296 g/mol. The van der Waals surface area contributed by atoms with Gasteiger partial charge in [-0.05, 0) is 19.1 Å². The highest BCUT2D eigenvalue weighted by Gasteiger charge is 2.12. The van der Waals surface area contributed by atoms with Gasteiger partial charge in [-0.3, -0.25) is 0 Å². The van der Waals surface area contributed by atoms with E-state index in [0.29, 0.717) is 17.1 Å². The number of oxime groups is 1. The second-order valence-electron chi connectivity index (χ2n) is 4.82. The van der Waals surface area contributed by atoms with Crippen LogP contribution in [0.5, 0.6) is 11.5 Å². The molecule has 2 aromatic carbocycles. The Labute approximate surface area is 134 Å². The molecule has 0 radical (unpaired) electrons. The quantitative estimate of drug-likeness (QED) is 0.397. The Morgan fingerprint density at radius 3 is 2.04 bits per heavy atom. The summed E-state index contributed by atoms with van der Waals surface area (Å²) in [6, 6.07) is 12.1. The molecule has 0 saturated carbocycles. The van der Waals surface area contributed by atoms with E-state index in [1.807, 2.05) is 19.1 Å². The van der Waals surface area contributed by atoms with E-state index in [0.717, 1.165) is 5.56 Å². The Hall–Kier alpha value is -3.02. The summed E-state index contributed by atoms with van der Waals surface area (Å²) in [5.74, 6) is 0.420. The molecule has 0 aliphatic heterocycles. The molecule has 2 rings (SSSR count). The van der Waals surface area contributed by atoms with Gasteiger partial charge in [-0.15, -0.1) is 0 Å². The molecule has 0 unspecified atom stereocenters. The number of nitrogens with zero attached hydrogens (tertiary/aromatic N) is 1. The minimum Gasteiger partial charge on any atom is -0.497 e. The molecule has 0 aliphatic rings. The average molecular weight is 314 g/mol. The molecule has 2 N–H and O–H groups in total. The maximum atomic E-state index is 12.1. The summed E-state index contributed by atoms with van der Waals surface area (Å²) in [6.07, 6.45) is 0. The first-order valence-corrected chi connectivity index (χ1v) is 6.88. The van der Waals surface area contributed by atoms with Crippen LogP contribution in [0.4, 0.5) is 0 Å². The largest absolute Gasteiger partial charge is 0.497 e. The SMILES string of the molecule is COc1cc(OC)cc(C(=O)O/N=C(\N)c2ccc(C)cc2)c1. The molecule has 0 saturated heterocycles. The van der Waals surface area contributed by atoms with Crippen molar-refractivity contribution in [3.05, 3.63) is 59.2 Å². The molecule has 0 heterocycles. The van der Waals surface area contributed by atoms with Gasteiger partial charge in [0.2, 0.25) is 0 Å².